The smallest absolute Gasteiger partial charge is 0.257 e. The van der Waals surface area contributed by atoms with Gasteiger partial charge in [-0.3, -0.25) is 10.1 Å². The van der Waals surface area contributed by atoms with Crippen LogP contribution in [-0.2, 0) is 4.74 Å². The van der Waals surface area contributed by atoms with Crippen LogP contribution in [-0.4, -0.2) is 37.2 Å². The number of carbonyl (C=O) groups is 1. The molecule has 1 saturated heterocycles. The quantitative estimate of drug-likeness (QED) is 0.905. The van der Waals surface area contributed by atoms with Gasteiger partial charge < -0.3 is 9.64 Å². The fourth-order valence-electron chi connectivity index (χ4n) is 2.13. The molecule has 0 aliphatic carbocycles. The number of nitrogens with zero attached hydrogens (tertiary/aromatic N) is 2. The van der Waals surface area contributed by atoms with Gasteiger partial charge in [0.15, 0.2) is 5.13 Å². The monoisotopic (exact) mass is 367 g/mol. The van der Waals surface area contributed by atoms with E-state index in [2.05, 4.69) is 31.1 Å². The van der Waals surface area contributed by atoms with E-state index in [0.29, 0.717) is 10.7 Å². The number of halogens is 1. The highest BCUT2D eigenvalue weighted by molar-refractivity contribution is 9.10. The zero-order chi connectivity index (χ0) is 14.7. The molecular weight excluding hydrogens is 354 g/mol. The first-order valence-electron chi connectivity index (χ1n) is 6.57. The number of benzene rings is 1. The van der Waals surface area contributed by atoms with E-state index >= 15 is 0 Å². The van der Waals surface area contributed by atoms with Crippen molar-refractivity contribution in [2.75, 3.05) is 36.5 Å². The van der Waals surface area contributed by atoms with Gasteiger partial charge in [-0.1, -0.05) is 0 Å². The topological polar surface area (TPSA) is 54.5 Å². The Hall–Kier alpha value is -1.44. The third kappa shape index (κ3) is 3.61. The Balaban J connectivity index is 1.67. The van der Waals surface area contributed by atoms with Gasteiger partial charge in [0.2, 0.25) is 0 Å². The molecule has 5 nitrogen and oxygen atoms in total. The van der Waals surface area contributed by atoms with E-state index < -0.39 is 0 Å². The summed E-state index contributed by atoms with van der Waals surface area (Å²) in [5.74, 6) is -0.148. The second-order valence-electron chi connectivity index (χ2n) is 4.58. The third-order valence-corrected chi connectivity index (χ3v) is 4.67. The van der Waals surface area contributed by atoms with Crippen molar-refractivity contribution in [1.82, 2.24) is 4.98 Å². The van der Waals surface area contributed by atoms with Crippen LogP contribution < -0.4 is 10.2 Å². The molecule has 0 atom stereocenters. The van der Waals surface area contributed by atoms with Gasteiger partial charge in [0, 0.05) is 29.7 Å². The summed E-state index contributed by atoms with van der Waals surface area (Å²) in [5, 5.41) is 5.20. The number of aromatic nitrogens is 1. The molecule has 1 aliphatic heterocycles. The minimum atomic E-state index is -0.148. The molecule has 0 radical (unpaired) electrons. The van der Waals surface area contributed by atoms with Crippen LogP contribution in [0.15, 0.2) is 34.2 Å². The highest BCUT2D eigenvalue weighted by Gasteiger charge is 2.13. The number of carbonyl (C=O) groups excluding carboxylic acids is 1. The summed E-state index contributed by atoms with van der Waals surface area (Å²) in [4.78, 5) is 18.5. The van der Waals surface area contributed by atoms with Gasteiger partial charge in [0.05, 0.1) is 13.2 Å². The second-order valence-corrected chi connectivity index (χ2v) is 6.25. The van der Waals surface area contributed by atoms with Gasteiger partial charge in [-0.2, -0.15) is 0 Å². The molecule has 1 aromatic heterocycles. The summed E-state index contributed by atoms with van der Waals surface area (Å²) in [5.41, 5.74) is 1.74. The van der Waals surface area contributed by atoms with E-state index in [1.54, 1.807) is 0 Å². The largest absolute Gasteiger partial charge is 0.378 e. The summed E-state index contributed by atoms with van der Waals surface area (Å²) in [6.07, 6.45) is 0. The van der Waals surface area contributed by atoms with Crippen LogP contribution in [0.3, 0.4) is 0 Å². The number of anilines is 2. The van der Waals surface area contributed by atoms with E-state index in [1.165, 1.54) is 11.3 Å². The van der Waals surface area contributed by atoms with E-state index in [9.17, 15) is 4.79 Å². The number of morpholine rings is 1. The van der Waals surface area contributed by atoms with Crippen LogP contribution >= 0.6 is 27.3 Å². The molecule has 1 aromatic carbocycles. The average Bonchev–Trinajstić information content (AvgIpc) is 2.93. The summed E-state index contributed by atoms with van der Waals surface area (Å²) >= 11 is 4.65. The number of thiazole rings is 1. The summed E-state index contributed by atoms with van der Waals surface area (Å²) in [6.45, 7) is 3.28. The van der Waals surface area contributed by atoms with Crippen molar-refractivity contribution < 1.29 is 9.53 Å². The lowest BCUT2D eigenvalue weighted by Gasteiger charge is -2.28. The lowest BCUT2D eigenvalue weighted by atomic mass is 10.2. The Kier molecular flexibility index (Phi) is 4.52. The molecule has 1 N–H and O–H groups in total. The molecule has 0 spiro atoms. The molecule has 0 saturated carbocycles. The van der Waals surface area contributed by atoms with Crippen molar-refractivity contribution in [1.29, 1.82) is 0 Å². The first-order valence-corrected chi connectivity index (χ1v) is 8.25. The number of ether oxygens (including phenoxy) is 1. The molecule has 1 amide bonds. The summed E-state index contributed by atoms with van der Waals surface area (Å²) in [6, 6.07) is 7.61. The van der Waals surface area contributed by atoms with Crippen LogP contribution in [0.25, 0.3) is 0 Å². The van der Waals surface area contributed by atoms with Crippen molar-refractivity contribution in [2.24, 2.45) is 0 Å². The Labute approximate surface area is 135 Å². The molecule has 3 rings (SSSR count). The molecule has 2 heterocycles. The van der Waals surface area contributed by atoms with E-state index in [4.69, 9.17) is 4.74 Å². The van der Waals surface area contributed by atoms with Crippen LogP contribution in [0.2, 0.25) is 0 Å². The van der Waals surface area contributed by atoms with Crippen molar-refractivity contribution in [3.8, 4) is 0 Å². The van der Waals surface area contributed by atoms with E-state index in [0.717, 1.165) is 36.6 Å². The Bertz CT molecular complexity index is 623. The maximum atomic E-state index is 12.1. The van der Waals surface area contributed by atoms with Crippen LogP contribution in [0.1, 0.15) is 10.4 Å². The van der Waals surface area contributed by atoms with Crippen molar-refractivity contribution in [3.63, 3.8) is 0 Å². The Morgan fingerprint density at radius 1 is 1.29 bits per heavy atom. The van der Waals surface area contributed by atoms with Crippen molar-refractivity contribution in [3.05, 3.63) is 39.8 Å². The minimum absolute atomic E-state index is 0.148. The molecule has 0 unspecified atom stereocenters. The zero-order valence-electron chi connectivity index (χ0n) is 11.2. The van der Waals surface area contributed by atoms with Crippen LogP contribution in [0.5, 0.6) is 0 Å². The predicted octanol–water partition coefficient (Wildman–Crippen LogP) is 2.99. The first kappa shape index (κ1) is 14.5. The summed E-state index contributed by atoms with van der Waals surface area (Å²) < 4.78 is 6.06. The standard InChI is InChI=1S/C14H14BrN3O2S/c15-12-9-21-14(16-12)17-13(19)10-1-3-11(4-2-10)18-5-7-20-8-6-18/h1-4,9H,5-8H2,(H,16,17,19). The molecule has 1 fully saturated rings. The number of hydrogen-bond donors (Lipinski definition) is 1. The number of hydrogen-bond acceptors (Lipinski definition) is 5. The minimum Gasteiger partial charge on any atom is -0.378 e. The molecule has 110 valence electrons. The maximum absolute atomic E-state index is 12.1. The molecule has 2 aromatic rings. The second kappa shape index (κ2) is 6.55. The van der Waals surface area contributed by atoms with Gasteiger partial charge in [0.1, 0.15) is 4.60 Å². The van der Waals surface area contributed by atoms with Crippen LogP contribution in [0.4, 0.5) is 10.8 Å². The lowest BCUT2D eigenvalue weighted by Crippen LogP contribution is -2.36. The van der Waals surface area contributed by atoms with Gasteiger partial charge in [-0.05, 0) is 40.2 Å². The van der Waals surface area contributed by atoms with E-state index in [1.807, 2.05) is 29.6 Å². The fraction of sp³-hybridized carbons (Fsp3) is 0.286. The van der Waals surface area contributed by atoms with Crippen LogP contribution in [0, 0.1) is 0 Å². The van der Waals surface area contributed by atoms with Gasteiger partial charge >= 0.3 is 0 Å². The predicted molar refractivity (Wildman–Crippen MR) is 87.2 cm³/mol. The van der Waals surface area contributed by atoms with Crippen molar-refractivity contribution >= 4 is 44.0 Å². The normalized spacial score (nSPS) is 15.0. The molecule has 1 aliphatic rings. The lowest BCUT2D eigenvalue weighted by molar-refractivity contribution is 0.102. The molecule has 0 bridgehead atoms. The van der Waals surface area contributed by atoms with Gasteiger partial charge in [0.25, 0.3) is 5.91 Å². The SMILES string of the molecule is O=C(Nc1nc(Br)cs1)c1ccc(N2CCOCC2)cc1. The molecule has 21 heavy (non-hydrogen) atoms. The van der Waals surface area contributed by atoms with Gasteiger partial charge in [-0.25, -0.2) is 4.98 Å². The first-order chi connectivity index (χ1) is 10.2. The molecule has 7 heteroatoms. The fourth-order valence-corrected chi connectivity index (χ4v) is 3.27. The Morgan fingerprint density at radius 3 is 2.62 bits per heavy atom. The van der Waals surface area contributed by atoms with E-state index in [-0.39, 0.29) is 5.91 Å². The zero-order valence-corrected chi connectivity index (χ0v) is 13.6. The highest BCUT2D eigenvalue weighted by atomic mass is 79.9. The number of amides is 1. The third-order valence-electron chi connectivity index (χ3n) is 3.20. The van der Waals surface area contributed by atoms with Crippen molar-refractivity contribution in [2.45, 2.75) is 0 Å². The highest BCUT2D eigenvalue weighted by Crippen LogP contribution is 2.21. The maximum Gasteiger partial charge on any atom is 0.257 e. The number of rotatable bonds is 3. The summed E-state index contributed by atoms with van der Waals surface area (Å²) in [7, 11) is 0. The molecular formula is C14H14BrN3O2S. The van der Waals surface area contributed by atoms with Gasteiger partial charge in [-0.15, -0.1) is 11.3 Å². The average molecular weight is 368 g/mol. The Morgan fingerprint density at radius 2 is 2.00 bits per heavy atom. The number of nitrogens with one attached hydrogen (secondary N) is 1.